The zero-order chi connectivity index (χ0) is 15.9. The Morgan fingerprint density at radius 1 is 1.23 bits per heavy atom. The number of fused-ring (bicyclic) bond motifs is 1. The van der Waals surface area contributed by atoms with Crippen molar-refractivity contribution in [2.24, 2.45) is 0 Å². The highest BCUT2D eigenvalue weighted by atomic mass is 19.4. The van der Waals surface area contributed by atoms with Crippen molar-refractivity contribution >= 4 is 17.2 Å². The number of alkyl halides is 3. The number of pyridine rings is 1. The minimum absolute atomic E-state index is 0.160. The lowest BCUT2D eigenvalue weighted by Crippen LogP contribution is -2.14. The Balaban J connectivity index is 2.00. The lowest BCUT2D eigenvalue weighted by atomic mass is 10.0. The van der Waals surface area contributed by atoms with Crippen molar-refractivity contribution in [1.82, 2.24) is 4.98 Å². The highest BCUT2D eigenvalue weighted by Gasteiger charge is 2.37. The fourth-order valence-corrected chi connectivity index (χ4v) is 2.58. The van der Waals surface area contributed by atoms with Crippen molar-refractivity contribution in [2.45, 2.75) is 12.6 Å². The van der Waals surface area contributed by atoms with Crippen molar-refractivity contribution in [3.63, 3.8) is 0 Å². The molecule has 0 bridgehead atoms. The Hall–Kier alpha value is -2.64. The molecule has 0 atom stereocenters. The fourth-order valence-electron chi connectivity index (χ4n) is 2.58. The van der Waals surface area contributed by atoms with Gasteiger partial charge < -0.3 is 4.90 Å². The molecular weight excluding hydrogens is 299 g/mol. The van der Waals surface area contributed by atoms with Gasteiger partial charge in [0, 0.05) is 18.3 Å². The van der Waals surface area contributed by atoms with Gasteiger partial charge in [0.1, 0.15) is 12.0 Å². The number of hydrogen-bond donors (Lipinski definition) is 0. The molecule has 0 unspecified atom stereocenters. The van der Waals surface area contributed by atoms with Gasteiger partial charge in [0.25, 0.3) is 5.69 Å². The average Bonchev–Trinajstić information content (AvgIpc) is 2.90. The summed E-state index contributed by atoms with van der Waals surface area (Å²) in [4.78, 5) is 15.6. The molecule has 2 aromatic rings. The maximum Gasteiger partial charge on any atom is 0.416 e. The summed E-state index contributed by atoms with van der Waals surface area (Å²) in [5.74, 6) is 0.392. The molecule has 0 amide bonds. The van der Waals surface area contributed by atoms with Crippen LogP contribution < -0.4 is 4.90 Å². The molecule has 0 aliphatic carbocycles. The van der Waals surface area contributed by atoms with Gasteiger partial charge in [-0.1, -0.05) is 6.07 Å². The molecule has 0 fully saturated rings. The molecule has 0 N–H and O–H groups in total. The number of nitrogens with zero attached hydrogens (tertiary/aromatic N) is 3. The van der Waals surface area contributed by atoms with E-state index in [2.05, 4.69) is 4.98 Å². The molecule has 0 saturated carbocycles. The zero-order valence-corrected chi connectivity index (χ0v) is 11.2. The number of anilines is 2. The number of nitro groups is 1. The molecule has 1 aromatic carbocycles. The second kappa shape index (κ2) is 4.97. The van der Waals surface area contributed by atoms with Crippen LogP contribution in [0.4, 0.5) is 30.4 Å². The predicted octanol–water partition coefficient (Wildman–Crippen LogP) is 3.70. The minimum atomic E-state index is -4.40. The smallest absolute Gasteiger partial charge is 0.326 e. The summed E-state index contributed by atoms with van der Waals surface area (Å²) in [6.45, 7) is 0.354. The first-order chi connectivity index (χ1) is 10.4. The Kier molecular flexibility index (Phi) is 3.23. The molecule has 5 nitrogen and oxygen atoms in total. The van der Waals surface area contributed by atoms with Crippen molar-refractivity contribution in [1.29, 1.82) is 0 Å². The van der Waals surface area contributed by atoms with Crippen LogP contribution in [-0.2, 0) is 12.6 Å². The maximum atomic E-state index is 13.0. The van der Waals surface area contributed by atoms with Gasteiger partial charge in [0.15, 0.2) is 0 Å². The number of hydrogen-bond acceptors (Lipinski definition) is 4. The van der Waals surface area contributed by atoms with Gasteiger partial charge >= 0.3 is 6.18 Å². The molecule has 22 heavy (non-hydrogen) atoms. The summed E-state index contributed by atoms with van der Waals surface area (Å²) in [5, 5.41) is 10.6. The largest absolute Gasteiger partial charge is 0.416 e. The van der Waals surface area contributed by atoms with Gasteiger partial charge in [-0.25, -0.2) is 4.98 Å². The van der Waals surface area contributed by atoms with Crippen molar-refractivity contribution in [2.75, 3.05) is 11.4 Å². The maximum absolute atomic E-state index is 13.0. The van der Waals surface area contributed by atoms with E-state index in [1.54, 1.807) is 11.0 Å². The van der Waals surface area contributed by atoms with E-state index >= 15 is 0 Å². The second-order valence-electron chi connectivity index (χ2n) is 4.83. The van der Waals surface area contributed by atoms with Crippen LogP contribution in [0.15, 0.2) is 36.5 Å². The van der Waals surface area contributed by atoms with Crippen LogP contribution in [-0.4, -0.2) is 16.5 Å². The lowest BCUT2D eigenvalue weighted by Gasteiger charge is -2.19. The van der Waals surface area contributed by atoms with E-state index in [4.69, 9.17) is 0 Å². The Labute approximate surface area is 123 Å². The van der Waals surface area contributed by atoms with Gasteiger partial charge in [-0.2, -0.15) is 13.2 Å². The summed E-state index contributed by atoms with van der Waals surface area (Å²) in [6, 6.07) is 6.74. The molecular formula is C14H10F3N3O2. The van der Waals surface area contributed by atoms with E-state index in [1.165, 1.54) is 18.2 Å². The highest BCUT2D eigenvalue weighted by molar-refractivity contribution is 5.69. The third-order valence-electron chi connectivity index (χ3n) is 3.55. The summed E-state index contributed by atoms with van der Waals surface area (Å²) in [7, 11) is 0. The van der Waals surface area contributed by atoms with E-state index < -0.39 is 16.7 Å². The second-order valence-corrected chi connectivity index (χ2v) is 4.83. The number of benzene rings is 1. The van der Waals surface area contributed by atoms with Crippen LogP contribution in [0.3, 0.4) is 0 Å². The van der Waals surface area contributed by atoms with Gasteiger partial charge in [-0.05, 0) is 30.2 Å². The monoisotopic (exact) mass is 309 g/mol. The van der Waals surface area contributed by atoms with Crippen LogP contribution in [0.25, 0.3) is 0 Å². The molecule has 0 saturated heterocycles. The van der Waals surface area contributed by atoms with E-state index in [-0.39, 0.29) is 17.7 Å². The molecule has 1 aliphatic heterocycles. The zero-order valence-electron chi connectivity index (χ0n) is 11.2. The SMILES string of the molecule is O=[N+]([O-])c1ccc(N2CCc3c2cccc3C(F)(F)F)nc1. The van der Waals surface area contributed by atoms with E-state index in [1.807, 2.05) is 0 Å². The molecule has 114 valence electrons. The lowest BCUT2D eigenvalue weighted by molar-refractivity contribution is -0.385. The summed E-state index contributed by atoms with van der Waals surface area (Å²) >= 11 is 0. The minimum Gasteiger partial charge on any atom is -0.326 e. The van der Waals surface area contributed by atoms with E-state index in [0.29, 0.717) is 18.1 Å². The summed E-state index contributed by atoms with van der Waals surface area (Å²) in [5.41, 5.74) is -0.132. The number of halogens is 3. The first kappa shape index (κ1) is 14.3. The van der Waals surface area contributed by atoms with Crippen LogP contribution in [0.5, 0.6) is 0 Å². The quantitative estimate of drug-likeness (QED) is 0.627. The Morgan fingerprint density at radius 3 is 2.59 bits per heavy atom. The standard InChI is InChI=1S/C14H10F3N3O2/c15-14(16,17)11-2-1-3-12-10(11)6-7-19(12)13-5-4-9(8-18-13)20(21)22/h1-5,8H,6-7H2. The van der Waals surface area contributed by atoms with Gasteiger partial charge in [0.2, 0.25) is 0 Å². The van der Waals surface area contributed by atoms with Crippen molar-refractivity contribution < 1.29 is 18.1 Å². The van der Waals surface area contributed by atoms with Crippen LogP contribution in [0.1, 0.15) is 11.1 Å². The van der Waals surface area contributed by atoms with Crippen LogP contribution in [0, 0.1) is 10.1 Å². The fraction of sp³-hybridized carbons (Fsp3) is 0.214. The van der Waals surface area contributed by atoms with E-state index in [9.17, 15) is 23.3 Å². The number of rotatable bonds is 2. The van der Waals surface area contributed by atoms with Crippen LogP contribution >= 0.6 is 0 Å². The topological polar surface area (TPSA) is 59.3 Å². The third kappa shape index (κ3) is 2.36. The average molecular weight is 309 g/mol. The first-order valence-corrected chi connectivity index (χ1v) is 6.45. The van der Waals surface area contributed by atoms with Gasteiger partial charge in [-0.3, -0.25) is 10.1 Å². The normalized spacial score (nSPS) is 14.0. The van der Waals surface area contributed by atoms with Gasteiger partial charge in [-0.15, -0.1) is 0 Å². The number of aromatic nitrogens is 1. The molecule has 2 heterocycles. The molecule has 1 aliphatic rings. The molecule has 0 spiro atoms. The van der Waals surface area contributed by atoms with Crippen molar-refractivity contribution in [3.05, 3.63) is 57.8 Å². The highest BCUT2D eigenvalue weighted by Crippen LogP contribution is 2.41. The van der Waals surface area contributed by atoms with Crippen molar-refractivity contribution in [3.8, 4) is 0 Å². The van der Waals surface area contributed by atoms with E-state index in [0.717, 1.165) is 12.3 Å². The Bertz CT molecular complexity index is 729. The molecule has 8 heteroatoms. The molecule has 0 radical (unpaired) electrons. The van der Waals surface area contributed by atoms with Gasteiger partial charge in [0.05, 0.1) is 10.5 Å². The summed E-state index contributed by atoms with van der Waals surface area (Å²) in [6.07, 6.45) is -3.05. The third-order valence-corrected chi connectivity index (χ3v) is 3.55. The summed E-state index contributed by atoms with van der Waals surface area (Å²) < 4.78 is 39.0. The first-order valence-electron chi connectivity index (χ1n) is 6.45. The molecule has 3 rings (SSSR count). The predicted molar refractivity (Wildman–Crippen MR) is 73.0 cm³/mol. The Morgan fingerprint density at radius 2 is 2.00 bits per heavy atom. The van der Waals surface area contributed by atoms with Crippen LogP contribution in [0.2, 0.25) is 0 Å². The molecule has 1 aromatic heterocycles.